The average Bonchev–Trinajstić information content (AvgIpc) is 2.26. The van der Waals surface area contributed by atoms with E-state index in [2.05, 4.69) is 10.2 Å². The van der Waals surface area contributed by atoms with Gasteiger partial charge in [-0.05, 0) is 41.5 Å². The molecule has 8 heteroatoms. The van der Waals surface area contributed by atoms with Crippen molar-refractivity contribution in [2.75, 3.05) is 0 Å². The van der Waals surface area contributed by atoms with Crippen molar-refractivity contribution in [1.82, 2.24) is 10.2 Å². The summed E-state index contributed by atoms with van der Waals surface area (Å²) < 4.78 is 21.7. The lowest BCUT2D eigenvalue weighted by atomic mass is 10.4. The molecule has 0 fully saturated rings. The van der Waals surface area contributed by atoms with Gasteiger partial charge < -0.3 is 9.47 Å². The van der Waals surface area contributed by atoms with Crippen molar-refractivity contribution in [2.45, 2.75) is 65.8 Å². The summed E-state index contributed by atoms with van der Waals surface area (Å²) in [6.07, 6.45) is -0.469. The second-order valence-corrected chi connectivity index (χ2v) is 6.27. The monoisotopic (exact) mass is 308 g/mol. The minimum atomic E-state index is -2.50. The maximum Gasteiger partial charge on any atom is 0.323 e. The molecule has 0 aromatic heterocycles. The van der Waals surface area contributed by atoms with E-state index < -0.39 is 32.1 Å². The molecule has 0 heterocycles. The summed E-state index contributed by atoms with van der Waals surface area (Å²) >= 11 is 0. The summed E-state index contributed by atoms with van der Waals surface area (Å²) in [6, 6.07) is -1.44. The van der Waals surface area contributed by atoms with Crippen LogP contribution < -0.4 is 10.2 Å². The van der Waals surface area contributed by atoms with Gasteiger partial charge in [0.1, 0.15) is 12.1 Å². The number of carbonyl (C=O) groups is 2. The van der Waals surface area contributed by atoms with Gasteiger partial charge in [0.15, 0.2) is 0 Å². The van der Waals surface area contributed by atoms with E-state index in [1.54, 1.807) is 41.5 Å². The molecule has 0 saturated carbocycles. The number of nitrogens with one attached hydrogen (secondary N) is 2. The Morgan fingerprint density at radius 3 is 1.35 bits per heavy atom. The molecule has 0 unspecified atom stereocenters. The van der Waals surface area contributed by atoms with Crippen LogP contribution in [0.25, 0.3) is 0 Å². The van der Waals surface area contributed by atoms with E-state index in [1.807, 2.05) is 0 Å². The molecule has 118 valence electrons. The van der Waals surface area contributed by atoms with Crippen LogP contribution in [0.15, 0.2) is 0 Å². The summed E-state index contributed by atoms with van der Waals surface area (Å²) in [6.45, 7) is 10.0. The first-order valence-electron chi connectivity index (χ1n) is 6.61. The molecule has 0 aliphatic carbocycles. The summed E-state index contributed by atoms with van der Waals surface area (Å²) in [5.41, 5.74) is 0. The van der Waals surface area contributed by atoms with Crippen molar-refractivity contribution < 1.29 is 23.6 Å². The van der Waals surface area contributed by atoms with Gasteiger partial charge in [-0.1, -0.05) is 0 Å². The maximum atomic E-state index is 11.8. The van der Waals surface area contributed by atoms with Gasteiger partial charge in [0.2, 0.25) is 8.10 Å². The molecule has 0 radical (unpaired) electrons. The van der Waals surface area contributed by atoms with Gasteiger partial charge in [-0.2, -0.15) is 0 Å². The predicted octanol–water partition coefficient (Wildman–Crippen LogP) is 1.24. The van der Waals surface area contributed by atoms with Crippen LogP contribution >= 0.6 is 8.10 Å². The minimum absolute atomic E-state index is 0.234. The smallest absolute Gasteiger partial charge is 0.323 e. The van der Waals surface area contributed by atoms with E-state index >= 15 is 0 Å². The Labute approximate surface area is 120 Å². The van der Waals surface area contributed by atoms with Crippen LogP contribution in [0.2, 0.25) is 0 Å². The summed E-state index contributed by atoms with van der Waals surface area (Å²) in [4.78, 5) is 23.1. The minimum Gasteiger partial charge on any atom is -0.462 e. The molecule has 20 heavy (non-hydrogen) atoms. The number of hydrogen-bond acceptors (Lipinski definition) is 5. The largest absolute Gasteiger partial charge is 0.462 e. The van der Waals surface area contributed by atoms with Crippen LogP contribution in [0.1, 0.15) is 41.5 Å². The highest BCUT2D eigenvalue weighted by molar-refractivity contribution is 7.40. The van der Waals surface area contributed by atoms with Crippen molar-refractivity contribution in [3.05, 3.63) is 0 Å². The van der Waals surface area contributed by atoms with Crippen molar-refractivity contribution in [3.63, 3.8) is 0 Å². The molecule has 0 aliphatic rings. The zero-order chi connectivity index (χ0) is 15.9. The molecule has 0 aromatic rings. The van der Waals surface area contributed by atoms with Crippen LogP contribution in [0, 0.1) is 0 Å². The molecule has 0 bridgehead atoms. The van der Waals surface area contributed by atoms with Crippen molar-refractivity contribution in [2.24, 2.45) is 0 Å². The molecule has 0 rings (SSSR count). The fraction of sp³-hybridized carbons (Fsp3) is 0.833. The lowest BCUT2D eigenvalue weighted by Crippen LogP contribution is -2.38. The molecular weight excluding hydrogens is 283 g/mol. The SMILES string of the molecule is CC(C)OC(=O)[C@H](C)N[PH](=O)N[C@@H](C)C(=O)OC(C)C. The number of carbonyl (C=O) groups excluding carboxylic acids is 2. The number of rotatable bonds is 8. The normalized spacial score (nSPS) is 14.4. The average molecular weight is 308 g/mol. The summed E-state index contributed by atoms with van der Waals surface area (Å²) in [7, 11) is -2.50. The van der Waals surface area contributed by atoms with Crippen LogP contribution in [0.3, 0.4) is 0 Å². The number of ether oxygens (including phenoxy) is 2. The first kappa shape index (κ1) is 19.1. The third-order valence-corrected chi connectivity index (χ3v) is 3.50. The summed E-state index contributed by atoms with van der Waals surface area (Å²) in [5.74, 6) is -0.977. The van der Waals surface area contributed by atoms with Gasteiger partial charge in [0, 0.05) is 0 Å². The Morgan fingerprint density at radius 1 is 0.800 bits per heavy atom. The zero-order valence-electron chi connectivity index (χ0n) is 12.9. The highest BCUT2D eigenvalue weighted by Crippen LogP contribution is 2.12. The van der Waals surface area contributed by atoms with Crippen molar-refractivity contribution in [3.8, 4) is 0 Å². The molecule has 7 nitrogen and oxygen atoms in total. The standard InChI is InChI=1S/C12H25N2O5P/c1-7(2)18-11(15)9(5)13-20(17)14-10(6)12(16)19-8(3)4/h7-10,20H,1-6H3,(H2,13,14,17)/t9-,10-/m0/s1. The number of esters is 2. The van der Waals surface area contributed by atoms with Gasteiger partial charge in [-0.25, -0.2) is 10.2 Å². The molecule has 2 N–H and O–H groups in total. The fourth-order valence-electron chi connectivity index (χ4n) is 1.22. The van der Waals surface area contributed by atoms with Crippen LogP contribution in [0.5, 0.6) is 0 Å². The highest BCUT2D eigenvalue weighted by atomic mass is 31.1. The first-order valence-corrected chi connectivity index (χ1v) is 8.02. The molecule has 0 aliphatic heterocycles. The number of hydrogen-bond donors (Lipinski definition) is 2. The molecule has 0 amide bonds. The van der Waals surface area contributed by atoms with Crippen molar-refractivity contribution in [1.29, 1.82) is 0 Å². The van der Waals surface area contributed by atoms with Crippen LogP contribution in [0.4, 0.5) is 0 Å². The summed E-state index contributed by atoms with van der Waals surface area (Å²) in [5, 5.41) is 5.15. The molecule has 0 spiro atoms. The zero-order valence-corrected chi connectivity index (χ0v) is 13.9. The predicted molar refractivity (Wildman–Crippen MR) is 76.7 cm³/mol. The van der Waals surface area contributed by atoms with E-state index in [4.69, 9.17) is 9.47 Å². The topological polar surface area (TPSA) is 93.7 Å². The van der Waals surface area contributed by atoms with E-state index in [0.29, 0.717) is 0 Å². The second-order valence-electron chi connectivity index (χ2n) is 5.03. The second kappa shape index (κ2) is 9.10. The van der Waals surface area contributed by atoms with E-state index in [-0.39, 0.29) is 12.2 Å². The quantitative estimate of drug-likeness (QED) is 0.514. The van der Waals surface area contributed by atoms with E-state index in [9.17, 15) is 14.2 Å². The van der Waals surface area contributed by atoms with Crippen LogP contribution in [-0.2, 0) is 23.6 Å². The lowest BCUT2D eigenvalue weighted by Gasteiger charge is -2.18. The van der Waals surface area contributed by atoms with Gasteiger partial charge in [0.05, 0.1) is 12.2 Å². The molecule has 0 saturated heterocycles. The Hall–Kier alpha value is -0.910. The first-order chi connectivity index (χ1) is 9.13. The third kappa shape index (κ3) is 8.30. The van der Waals surface area contributed by atoms with E-state index in [1.165, 1.54) is 0 Å². The van der Waals surface area contributed by atoms with Gasteiger partial charge >= 0.3 is 11.9 Å². The van der Waals surface area contributed by atoms with Crippen LogP contribution in [-0.4, -0.2) is 36.2 Å². The fourth-order valence-corrected chi connectivity index (χ4v) is 2.33. The Bertz CT molecular complexity index is 328. The maximum absolute atomic E-state index is 11.8. The van der Waals surface area contributed by atoms with Gasteiger partial charge in [0.25, 0.3) is 0 Å². The molecular formula is C12H25N2O5P. The molecule has 0 aromatic carbocycles. The van der Waals surface area contributed by atoms with Gasteiger partial charge in [-0.15, -0.1) is 0 Å². The van der Waals surface area contributed by atoms with Crippen molar-refractivity contribution >= 4 is 20.0 Å². The van der Waals surface area contributed by atoms with Gasteiger partial charge in [-0.3, -0.25) is 14.2 Å². The third-order valence-electron chi connectivity index (χ3n) is 2.11. The van der Waals surface area contributed by atoms with E-state index in [0.717, 1.165) is 0 Å². The Kier molecular flexibility index (Phi) is 8.69. The Morgan fingerprint density at radius 2 is 1.10 bits per heavy atom. The highest BCUT2D eigenvalue weighted by Gasteiger charge is 2.21. The lowest BCUT2D eigenvalue weighted by molar-refractivity contribution is -0.149. The Balaban J connectivity index is 4.22. The molecule has 2 atom stereocenters.